The molecular weight excluding hydrogens is 502 g/mol. The first-order valence-corrected chi connectivity index (χ1v) is 16.0. The summed E-state index contributed by atoms with van der Waals surface area (Å²) in [6, 6.07) is 5.20. The van der Waals surface area contributed by atoms with Crippen molar-refractivity contribution in [3.8, 4) is 5.88 Å². The van der Waals surface area contributed by atoms with Gasteiger partial charge in [-0.05, 0) is 108 Å². The molecule has 2 amide bonds. The molecule has 2 N–H and O–H groups in total. The van der Waals surface area contributed by atoms with Crippen LogP contribution >= 0.6 is 0 Å². The lowest BCUT2D eigenvalue weighted by atomic mass is 9.52. The Hall–Kier alpha value is -2.06. The number of ether oxygens (including phenoxy) is 1. The van der Waals surface area contributed by atoms with Crippen molar-refractivity contribution in [3.05, 3.63) is 18.3 Å². The maximum Gasteiger partial charge on any atom is 0.318 e. The van der Waals surface area contributed by atoms with E-state index >= 15 is 0 Å². The fourth-order valence-corrected chi connectivity index (χ4v) is 9.68. The highest BCUT2D eigenvalue weighted by molar-refractivity contribution is 5.76. The third-order valence-electron chi connectivity index (χ3n) is 11.4. The quantitative estimate of drug-likeness (QED) is 0.569. The van der Waals surface area contributed by atoms with Crippen molar-refractivity contribution in [2.45, 2.75) is 108 Å². The minimum atomic E-state index is -0.452. The first-order chi connectivity index (χ1) is 19.1. The zero-order chi connectivity index (χ0) is 27.6. The van der Waals surface area contributed by atoms with Crippen LogP contribution < -0.4 is 15.0 Å². The molecule has 4 heterocycles. The van der Waals surface area contributed by atoms with Crippen LogP contribution in [0, 0.1) is 23.7 Å². The molecular formula is C32H49N5O3. The highest BCUT2D eigenvalue weighted by Gasteiger charge is 2.55. The van der Waals surface area contributed by atoms with Crippen LogP contribution in [0.4, 0.5) is 10.5 Å². The van der Waals surface area contributed by atoms with Crippen LogP contribution in [0.5, 0.6) is 5.88 Å². The summed E-state index contributed by atoms with van der Waals surface area (Å²) in [5, 5.41) is 14.4. The molecule has 0 spiro atoms. The van der Waals surface area contributed by atoms with Crippen molar-refractivity contribution in [1.29, 1.82) is 0 Å². The number of nitrogens with one attached hydrogen (secondary N) is 1. The van der Waals surface area contributed by atoms with Crippen LogP contribution in [-0.4, -0.2) is 88.0 Å². The molecule has 3 saturated heterocycles. The Morgan fingerprint density at radius 3 is 2.27 bits per heavy atom. The molecule has 1 aromatic rings. The van der Waals surface area contributed by atoms with Gasteiger partial charge in [-0.15, -0.1) is 0 Å². The summed E-state index contributed by atoms with van der Waals surface area (Å²) in [7, 11) is 0. The molecule has 0 aromatic carbocycles. The van der Waals surface area contributed by atoms with E-state index in [9.17, 15) is 9.90 Å². The van der Waals surface area contributed by atoms with E-state index in [2.05, 4.69) is 51.8 Å². The molecule has 1 aromatic heterocycles. The third-order valence-corrected chi connectivity index (χ3v) is 11.4. The number of carbonyl (C=O) groups is 1. The SMILES string of the molecule is CC(C)(C)N1CCN(c2ccc(OCC3CC4CCC(C3)N4C(=O)NC3C4CC5CC3CC(O)(C5)C4)nc2)CC1. The smallest absolute Gasteiger partial charge is 0.318 e. The first-order valence-electron chi connectivity index (χ1n) is 16.0. The normalized spacial score (nSPS) is 39.0. The standard InChI is InChI=1S/C32H49N5O3/c1-31(2,3)36-10-8-35(9-11-36)27-6-7-28(33-19-27)40-20-22-14-25-4-5-26(15-22)37(25)30(38)34-29-23-12-21-13-24(29)18-32(39,16-21)17-23/h6-7,19,21-26,29,39H,4-5,8-18,20H2,1-3H3,(H,34,38). The van der Waals surface area contributed by atoms with Crippen LogP contribution in [0.2, 0.25) is 0 Å². The lowest BCUT2D eigenvalue weighted by Gasteiger charge is -2.58. The molecule has 8 heteroatoms. The molecule has 4 atom stereocenters. The number of nitrogens with zero attached hydrogens (tertiary/aromatic N) is 4. The summed E-state index contributed by atoms with van der Waals surface area (Å²) >= 11 is 0. The lowest BCUT2D eigenvalue weighted by Crippen LogP contribution is -2.63. The average Bonchev–Trinajstić information content (AvgIpc) is 3.18. The molecule has 4 saturated carbocycles. The number of fused-ring (bicyclic) bond motifs is 2. The zero-order valence-corrected chi connectivity index (χ0v) is 24.7. The van der Waals surface area contributed by atoms with Crippen molar-refractivity contribution in [2.24, 2.45) is 23.7 Å². The number of amides is 2. The van der Waals surface area contributed by atoms with Gasteiger partial charge in [0.25, 0.3) is 0 Å². The lowest BCUT2D eigenvalue weighted by molar-refractivity contribution is -0.137. The van der Waals surface area contributed by atoms with E-state index in [0.717, 1.165) is 71.1 Å². The van der Waals surface area contributed by atoms with Gasteiger partial charge in [-0.3, -0.25) is 4.90 Å². The third kappa shape index (κ3) is 5.08. The molecule has 0 radical (unpaired) electrons. The molecule has 6 bridgehead atoms. The Kier molecular flexibility index (Phi) is 6.73. The Morgan fingerprint density at radius 1 is 1.02 bits per heavy atom. The number of piperidine rings is 1. The predicted molar refractivity (Wildman–Crippen MR) is 155 cm³/mol. The molecule has 7 fully saturated rings. The van der Waals surface area contributed by atoms with Gasteiger partial charge in [0, 0.05) is 55.9 Å². The molecule has 3 aliphatic heterocycles. The number of urea groups is 1. The number of piperazine rings is 1. The van der Waals surface area contributed by atoms with Crippen molar-refractivity contribution in [1.82, 2.24) is 20.1 Å². The summed E-state index contributed by atoms with van der Waals surface area (Å²) < 4.78 is 6.18. The van der Waals surface area contributed by atoms with Gasteiger partial charge in [0.05, 0.1) is 24.1 Å². The second-order valence-corrected chi connectivity index (χ2v) is 15.1. The van der Waals surface area contributed by atoms with Crippen LogP contribution in [-0.2, 0) is 0 Å². The Bertz CT molecular complexity index is 1050. The molecule has 7 aliphatic rings. The van der Waals surface area contributed by atoms with E-state index in [4.69, 9.17) is 4.74 Å². The van der Waals surface area contributed by atoms with Crippen molar-refractivity contribution in [2.75, 3.05) is 37.7 Å². The van der Waals surface area contributed by atoms with Crippen molar-refractivity contribution in [3.63, 3.8) is 0 Å². The number of pyridine rings is 1. The summed E-state index contributed by atoms with van der Waals surface area (Å²) in [5.74, 6) is 2.74. The molecule has 40 heavy (non-hydrogen) atoms. The summed E-state index contributed by atoms with van der Waals surface area (Å²) in [6.45, 7) is 11.7. The van der Waals surface area contributed by atoms with Gasteiger partial charge in [-0.1, -0.05) is 0 Å². The number of hydrogen-bond acceptors (Lipinski definition) is 6. The van der Waals surface area contributed by atoms with Crippen LogP contribution in [0.3, 0.4) is 0 Å². The van der Waals surface area contributed by atoms with E-state index in [0.29, 0.717) is 48.2 Å². The highest BCUT2D eigenvalue weighted by Crippen LogP contribution is 2.55. The van der Waals surface area contributed by atoms with Crippen molar-refractivity contribution < 1.29 is 14.6 Å². The van der Waals surface area contributed by atoms with Crippen LogP contribution in [0.15, 0.2) is 18.3 Å². The number of carbonyl (C=O) groups excluding carboxylic acids is 1. The maximum atomic E-state index is 13.6. The summed E-state index contributed by atoms with van der Waals surface area (Å²) in [6.07, 6.45) is 11.3. The zero-order valence-electron chi connectivity index (χ0n) is 24.7. The van der Waals surface area contributed by atoms with Gasteiger partial charge in [-0.2, -0.15) is 0 Å². The molecule has 8 rings (SSSR count). The summed E-state index contributed by atoms with van der Waals surface area (Å²) in [5.41, 5.74) is 0.943. The number of aliphatic hydroxyl groups is 1. The Balaban J connectivity index is 0.893. The van der Waals surface area contributed by atoms with E-state index in [-0.39, 0.29) is 17.6 Å². The number of aromatic nitrogens is 1. The fraction of sp³-hybridized carbons (Fsp3) is 0.812. The average molecular weight is 552 g/mol. The topological polar surface area (TPSA) is 81.2 Å². The monoisotopic (exact) mass is 551 g/mol. The van der Waals surface area contributed by atoms with E-state index in [1.165, 1.54) is 18.5 Å². The van der Waals surface area contributed by atoms with Gasteiger partial charge in [0.15, 0.2) is 0 Å². The van der Waals surface area contributed by atoms with Crippen LogP contribution in [0.25, 0.3) is 0 Å². The maximum absolute atomic E-state index is 13.6. The minimum absolute atomic E-state index is 0.150. The predicted octanol–water partition coefficient (Wildman–Crippen LogP) is 4.27. The minimum Gasteiger partial charge on any atom is -0.477 e. The van der Waals surface area contributed by atoms with Gasteiger partial charge < -0.3 is 25.0 Å². The molecule has 4 aliphatic carbocycles. The second kappa shape index (κ2) is 10.0. The highest BCUT2D eigenvalue weighted by atomic mass is 16.5. The van der Waals surface area contributed by atoms with Crippen LogP contribution in [0.1, 0.15) is 78.6 Å². The number of anilines is 1. The van der Waals surface area contributed by atoms with Gasteiger partial charge >= 0.3 is 6.03 Å². The van der Waals surface area contributed by atoms with E-state index in [1.807, 2.05) is 12.3 Å². The Labute approximate surface area is 239 Å². The first kappa shape index (κ1) is 26.8. The molecule has 8 nitrogen and oxygen atoms in total. The summed E-state index contributed by atoms with van der Waals surface area (Å²) in [4.78, 5) is 25.3. The second-order valence-electron chi connectivity index (χ2n) is 15.1. The number of rotatable bonds is 5. The molecule has 220 valence electrons. The Morgan fingerprint density at radius 2 is 1.70 bits per heavy atom. The van der Waals surface area contributed by atoms with Crippen molar-refractivity contribution >= 4 is 11.7 Å². The van der Waals surface area contributed by atoms with Gasteiger partial charge in [0.2, 0.25) is 5.88 Å². The number of hydrogen-bond donors (Lipinski definition) is 2. The fourth-order valence-electron chi connectivity index (χ4n) is 9.68. The largest absolute Gasteiger partial charge is 0.477 e. The van der Waals surface area contributed by atoms with E-state index in [1.54, 1.807) is 0 Å². The van der Waals surface area contributed by atoms with Gasteiger partial charge in [0.1, 0.15) is 0 Å². The molecule has 4 unspecified atom stereocenters. The van der Waals surface area contributed by atoms with E-state index < -0.39 is 5.60 Å². The van der Waals surface area contributed by atoms with Gasteiger partial charge in [-0.25, -0.2) is 9.78 Å².